The zero-order chi connectivity index (χ0) is 8.39. The predicted molar refractivity (Wildman–Crippen MR) is 58.4 cm³/mol. The fourth-order valence-corrected chi connectivity index (χ4v) is 2.22. The van der Waals surface area contributed by atoms with Crippen LogP contribution in [0.2, 0.25) is 0 Å². The van der Waals surface area contributed by atoms with Gasteiger partial charge in [0, 0.05) is 0 Å². The average molecular weight is 221 g/mol. The van der Waals surface area contributed by atoms with Gasteiger partial charge in [0.15, 0.2) is 0 Å². The van der Waals surface area contributed by atoms with Crippen LogP contribution in [-0.4, -0.2) is 5.54 Å². The van der Waals surface area contributed by atoms with Crippen molar-refractivity contribution in [2.45, 2.75) is 12.8 Å². The summed E-state index contributed by atoms with van der Waals surface area (Å²) in [6, 6.07) is 0. The molecule has 0 radical (unpaired) electrons. The molecule has 2 rings (SSSR count). The van der Waals surface area contributed by atoms with Crippen LogP contribution in [0.1, 0.15) is 12.8 Å². The van der Waals surface area contributed by atoms with Crippen LogP contribution < -0.4 is 0 Å². The van der Waals surface area contributed by atoms with Crippen molar-refractivity contribution in [1.82, 2.24) is 0 Å². The second-order valence-corrected chi connectivity index (χ2v) is 4.03. The first-order valence-corrected chi connectivity index (χ1v) is 5.15. The van der Waals surface area contributed by atoms with E-state index in [1.54, 1.807) is 0 Å². The number of rotatable bonds is 2. The predicted octanol–water partition coefficient (Wildman–Crippen LogP) is 3.22. The van der Waals surface area contributed by atoms with Crippen LogP contribution in [0.5, 0.6) is 0 Å². The lowest BCUT2D eigenvalue weighted by Gasteiger charge is -2.07. The Balaban J connectivity index is 2.05. The van der Waals surface area contributed by atoms with Crippen LogP contribution in [0.3, 0.4) is 0 Å². The van der Waals surface area contributed by atoms with E-state index in [-0.39, 0.29) is 0 Å². The summed E-state index contributed by atoms with van der Waals surface area (Å²) in [5.41, 5.74) is 3.41. The van der Waals surface area contributed by atoms with Gasteiger partial charge in [-0.2, -0.15) is 0 Å². The first-order valence-electron chi connectivity index (χ1n) is 4.23. The van der Waals surface area contributed by atoms with Crippen LogP contribution >= 0.6 is 15.8 Å². The third kappa shape index (κ3) is 1.49. The topological polar surface area (TPSA) is 0 Å². The maximum Gasteiger partial charge on any atom is 0.280 e. The SMILES string of the molecule is BrB(C1=CC=CC1)C1=CC=CC1. The summed E-state index contributed by atoms with van der Waals surface area (Å²) in [5.74, 6) is 0. The molecule has 2 aliphatic carbocycles. The van der Waals surface area contributed by atoms with E-state index in [0.717, 1.165) is 12.8 Å². The lowest BCUT2D eigenvalue weighted by molar-refractivity contribution is 1.35. The minimum Gasteiger partial charge on any atom is -0.144 e. The van der Waals surface area contributed by atoms with Crippen LogP contribution in [0.4, 0.5) is 0 Å². The summed E-state index contributed by atoms with van der Waals surface area (Å²) in [5, 5.41) is 0. The smallest absolute Gasteiger partial charge is 0.144 e. The maximum absolute atomic E-state index is 3.71. The van der Waals surface area contributed by atoms with Crippen molar-refractivity contribution in [3.63, 3.8) is 0 Å². The third-order valence-electron chi connectivity index (χ3n) is 2.25. The van der Waals surface area contributed by atoms with E-state index in [4.69, 9.17) is 0 Å². The molecular formula is C10H10BBr. The zero-order valence-electron chi connectivity index (χ0n) is 6.83. The summed E-state index contributed by atoms with van der Waals surface area (Å²) >= 11 is 3.71. The molecule has 0 aliphatic heterocycles. The van der Waals surface area contributed by atoms with E-state index >= 15 is 0 Å². The van der Waals surface area contributed by atoms with Crippen molar-refractivity contribution >= 4 is 21.3 Å². The molecule has 0 fully saturated rings. The van der Waals surface area contributed by atoms with Gasteiger partial charge >= 0.3 is 0 Å². The van der Waals surface area contributed by atoms with Gasteiger partial charge in [-0.25, -0.2) is 0 Å². The van der Waals surface area contributed by atoms with E-state index in [1.807, 2.05) is 0 Å². The lowest BCUT2D eigenvalue weighted by Crippen LogP contribution is -2.09. The highest BCUT2D eigenvalue weighted by Crippen LogP contribution is 2.27. The van der Waals surface area contributed by atoms with Crippen molar-refractivity contribution in [3.05, 3.63) is 47.4 Å². The fourth-order valence-electron chi connectivity index (χ4n) is 1.54. The van der Waals surface area contributed by atoms with Gasteiger partial charge in [0.1, 0.15) is 0 Å². The van der Waals surface area contributed by atoms with Crippen LogP contribution in [0.15, 0.2) is 47.4 Å². The minimum absolute atomic E-state index is 0.461. The molecule has 0 amide bonds. The first kappa shape index (κ1) is 8.12. The number of hydrogen-bond donors (Lipinski definition) is 0. The molecule has 0 N–H and O–H groups in total. The van der Waals surface area contributed by atoms with E-state index < -0.39 is 0 Å². The molecule has 0 aromatic rings. The molecule has 0 atom stereocenters. The molecule has 0 unspecified atom stereocenters. The molecule has 0 saturated heterocycles. The molecular weight excluding hydrogens is 211 g/mol. The van der Waals surface area contributed by atoms with Crippen LogP contribution in [-0.2, 0) is 0 Å². The Bertz CT molecular complexity index is 267. The Kier molecular flexibility index (Phi) is 2.36. The van der Waals surface area contributed by atoms with Crippen molar-refractivity contribution in [1.29, 1.82) is 0 Å². The minimum atomic E-state index is 0.461. The highest BCUT2D eigenvalue weighted by atomic mass is 79.9. The zero-order valence-corrected chi connectivity index (χ0v) is 8.42. The monoisotopic (exact) mass is 220 g/mol. The molecule has 0 bridgehead atoms. The number of halogens is 1. The van der Waals surface area contributed by atoms with Gasteiger partial charge in [-0.05, 0) is 12.8 Å². The third-order valence-corrected chi connectivity index (χ3v) is 3.43. The van der Waals surface area contributed by atoms with Crippen molar-refractivity contribution < 1.29 is 0 Å². The highest BCUT2D eigenvalue weighted by molar-refractivity contribution is 9.25. The number of allylic oxidation sites excluding steroid dienone is 8. The average Bonchev–Trinajstić information content (AvgIpc) is 2.77. The Hall–Kier alpha value is -0.495. The molecule has 0 aromatic heterocycles. The summed E-state index contributed by atoms with van der Waals surface area (Å²) < 4.78 is 0. The second-order valence-electron chi connectivity index (χ2n) is 3.11. The molecule has 0 heterocycles. The van der Waals surface area contributed by atoms with Gasteiger partial charge in [-0.1, -0.05) is 47.4 Å². The van der Waals surface area contributed by atoms with Crippen molar-refractivity contribution in [3.8, 4) is 0 Å². The van der Waals surface area contributed by atoms with Gasteiger partial charge in [0.2, 0.25) is 0 Å². The lowest BCUT2D eigenvalue weighted by atomic mass is 9.61. The second kappa shape index (κ2) is 3.48. The highest BCUT2D eigenvalue weighted by Gasteiger charge is 2.20. The quantitative estimate of drug-likeness (QED) is 0.627. The summed E-state index contributed by atoms with van der Waals surface area (Å²) in [4.78, 5) is 0. The van der Waals surface area contributed by atoms with Gasteiger partial charge in [-0.3, -0.25) is 0 Å². The van der Waals surface area contributed by atoms with E-state index in [2.05, 4.69) is 52.2 Å². The standard InChI is InChI=1S/C10H10BBr/c12-11(9-5-1-2-6-9)10-7-3-4-8-10/h1-5,7H,6,8H2. The Morgan fingerprint density at radius 1 is 1.00 bits per heavy atom. The summed E-state index contributed by atoms with van der Waals surface area (Å²) in [6.45, 7) is 0. The van der Waals surface area contributed by atoms with E-state index in [1.165, 1.54) is 10.9 Å². The molecule has 0 nitrogen and oxygen atoms in total. The largest absolute Gasteiger partial charge is 0.280 e. The Labute approximate surface area is 81.8 Å². The number of hydrogen-bond acceptors (Lipinski definition) is 0. The van der Waals surface area contributed by atoms with Crippen LogP contribution in [0.25, 0.3) is 0 Å². The van der Waals surface area contributed by atoms with Gasteiger partial charge in [0.25, 0.3) is 5.54 Å². The molecule has 0 spiro atoms. The molecule has 0 aromatic carbocycles. The Morgan fingerprint density at radius 3 is 1.83 bits per heavy atom. The van der Waals surface area contributed by atoms with Crippen molar-refractivity contribution in [2.24, 2.45) is 0 Å². The molecule has 60 valence electrons. The van der Waals surface area contributed by atoms with Crippen LogP contribution in [0, 0.1) is 0 Å². The molecule has 0 saturated carbocycles. The fraction of sp³-hybridized carbons (Fsp3) is 0.200. The van der Waals surface area contributed by atoms with Gasteiger partial charge in [0.05, 0.1) is 0 Å². The first-order chi connectivity index (χ1) is 5.88. The normalized spacial score (nSPS) is 19.8. The van der Waals surface area contributed by atoms with Gasteiger partial charge in [-0.15, -0.1) is 15.8 Å². The van der Waals surface area contributed by atoms with Gasteiger partial charge < -0.3 is 0 Å². The molecule has 12 heavy (non-hydrogen) atoms. The van der Waals surface area contributed by atoms with E-state index in [0.29, 0.717) is 5.54 Å². The Morgan fingerprint density at radius 2 is 1.50 bits per heavy atom. The maximum atomic E-state index is 3.71. The van der Waals surface area contributed by atoms with E-state index in [9.17, 15) is 0 Å². The molecule has 2 aliphatic rings. The molecule has 2 heteroatoms. The van der Waals surface area contributed by atoms with Crippen molar-refractivity contribution in [2.75, 3.05) is 0 Å². The summed E-state index contributed by atoms with van der Waals surface area (Å²) in [6.07, 6.45) is 15.3. The summed E-state index contributed by atoms with van der Waals surface area (Å²) in [7, 11) is 0.